The van der Waals surface area contributed by atoms with Crippen molar-refractivity contribution in [2.45, 2.75) is 26.7 Å². The molecule has 0 atom stereocenters. The Labute approximate surface area is 142 Å². The number of rotatable bonds is 9. The minimum Gasteiger partial charge on any atom is -0.491 e. The van der Waals surface area contributed by atoms with Gasteiger partial charge in [0.2, 0.25) is 5.95 Å². The summed E-state index contributed by atoms with van der Waals surface area (Å²) in [5, 5.41) is 3.13. The number of aryl methyl sites for hydroxylation is 1. The average molecular weight is 333 g/mol. The van der Waals surface area contributed by atoms with Crippen LogP contribution in [0.25, 0.3) is 0 Å². The maximum absolute atomic E-state index is 13.1. The topological polar surface area (TPSA) is 56.3 Å². The highest BCUT2D eigenvalue weighted by Gasteiger charge is 2.03. The van der Waals surface area contributed by atoms with Gasteiger partial charge < -0.3 is 14.8 Å². The lowest BCUT2D eigenvalue weighted by atomic mass is 10.1. The molecule has 1 aromatic carbocycles. The first-order valence-electron chi connectivity index (χ1n) is 8.10. The highest BCUT2D eigenvalue weighted by atomic mass is 19.1. The molecule has 2 aromatic rings. The Hall–Kier alpha value is -2.21. The standard InChI is InChI=1S/C18H24FN3O2/c1-13(2)16-6-7-20-18(22-16)21-8-9-23-10-11-24-17-12-15(19)5-4-14(17)3/h4-7,12-13H,8-11H2,1-3H3,(H,20,21,22). The third kappa shape index (κ3) is 5.77. The fourth-order valence-corrected chi connectivity index (χ4v) is 2.06. The van der Waals surface area contributed by atoms with Gasteiger partial charge in [0.1, 0.15) is 18.2 Å². The number of ether oxygens (including phenoxy) is 2. The molecule has 0 aliphatic heterocycles. The Kier molecular flexibility index (Phi) is 6.93. The number of hydrogen-bond donors (Lipinski definition) is 1. The van der Waals surface area contributed by atoms with Crippen LogP contribution in [0.4, 0.5) is 10.3 Å². The van der Waals surface area contributed by atoms with Crippen LogP contribution in [0.2, 0.25) is 0 Å². The smallest absolute Gasteiger partial charge is 0.222 e. The zero-order chi connectivity index (χ0) is 17.4. The van der Waals surface area contributed by atoms with Crippen LogP contribution in [0.5, 0.6) is 5.75 Å². The lowest BCUT2D eigenvalue weighted by molar-refractivity contribution is 0.107. The number of nitrogens with one attached hydrogen (secondary N) is 1. The molecule has 24 heavy (non-hydrogen) atoms. The summed E-state index contributed by atoms with van der Waals surface area (Å²) < 4.78 is 24.1. The van der Waals surface area contributed by atoms with E-state index in [1.807, 2.05) is 13.0 Å². The van der Waals surface area contributed by atoms with Gasteiger partial charge in [0, 0.05) is 24.5 Å². The summed E-state index contributed by atoms with van der Waals surface area (Å²) in [4.78, 5) is 8.60. The van der Waals surface area contributed by atoms with Gasteiger partial charge in [0.05, 0.1) is 13.2 Å². The van der Waals surface area contributed by atoms with E-state index >= 15 is 0 Å². The molecule has 1 aromatic heterocycles. The monoisotopic (exact) mass is 333 g/mol. The Morgan fingerprint density at radius 3 is 2.79 bits per heavy atom. The van der Waals surface area contributed by atoms with Crippen LogP contribution in [-0.4, -0.2) is 36.3 Å². The van der Waals surface area contributed by atoms with E-state index in [9.17, 15) is 4.39 Å². The van der Waals surface area contributed by atoms with Crippen molar-refractivity contribution in [3.8, 4) is 5.75 Å². The van der Waals surface area contributed by atoms with Crippen LogP contribution >= 0.6 is 0 Å². The maximum atomic E-state index is 13.1. The van der Waals surface area contributed by atoms with E-state index in [1.54, 1.807) is 12.3 Å². The SMILES string of the molecule is Cc1ccc(F)cc1OCCOCCNc1nccc(C(C)C)n1. The second-order valence-electron chi connectivity index (χ2n) is 5.76. The fraction of sp³-hybridized carbons (Fsp3) is 0.444. The summed E-state index contributed by atoms with van der Waals surface area (Å²) in [6.07, 6.45) is 1.75. The van der Waals surface area contributed by atoms with Crippen molar-refractivity contribution in [1.29, 1.82) is 0 Å². The quantitative estimate of drug-likeness (QED) is 0.711. The Morgan fingerprint density at radius 1 is 1.17 bits per heavy atom. The van der Waals surface area contributed by atoms with Gasteiger partial charge in [-0.05, 0) is 30.5 Å². The number of halogens is 1. The molecule has 5 nitrogen and oxygen atoms in total. The molecule has 0 fully saturated rings. The van der Waals surface area contributed by atoms with Crippen LogP contribution in [0.15, 0.2) is 30.5 Å². The normalized spacial score (nSPS) is 10.9. The minimum absolute atomic E-state index is 0.302. The Bertz CT molecular complexity index is 650. The van der Waals surface area contributed by atoms with Crippen LogP contribution < -0.4 is 10.1 Å². The highest BCUT2D eigenvalue weighted by Crippen LogP contribution is 2.18. The first-order chi connectivity index (χ1) is 11.6. The van der Waals surface area contributed by atoms with Crippen molar-refractivity contribution >= 4 is 5.95 Å². The summed E-state index contributed by atoms with van der Waals surface area (Å²) in [6, 6.07) is 6.41. The van der Waals surface area contributed by atoms with Gasteiger partial charge in [-0.3, -0.25) is 0 Å². The molecule has 0 aliphatic rings. The van der Waals surface area contributed by atoms with Crippen molar-refractivity contribution in [3.63, 3.8) is 0 Å². The van der Waals surface area contributed by atoms with Crippen molar-refractivity contribution in [3.05, 3.63) is 47.5 Å². The number of anilines is 1. The summed E-state index contributed by atoms with van der Waals surface area (Å²) in [7, 11) is 0. The molecule has 0 bridgehead atoms. The molecular weight excluding hydrogens is 309 g/mol. The van der Waals surface area contributed by atoms with Crippen LogP contribution in [0, 0.1) is 12.7 Å². The molecule has 1 N–H and O–H groups in total. The van der Waals surface area contributed by atoms with E-state index < -0.39 is 0 Å². The predicted octanol–water partition coefficient (Wildman–Crippen LogP) is 3.56. The average Bonchev–Trinajstić information content (AvgIpc) is 2.57. The number of hydrogen-bond acceptors (Lipinski definition) is 5. The van der Waals surface area contributed by atoms with Crippen molar-refractivity contribution in [2.75, 3.05) is 31.7 Å². The lowest BCUT2D eigenvalue weighted by Gasteiger charge is -2.10. The van der Waals surface area contributed by atoms with Gasteiger partial charge in [-0.1, -0.05) is 19.9 Å². The van der Waals surface area contributed by atoms with E-state index in [-0.39, 0.29) is 5.82 Å². The highest BCUT2D eigenvalue weighted by molar-refractivity contribution is 5.32. The van der Waals surface area contributed by atoms with Gasteiger partial charge in [-0.15, -0.1) is 0 Å². The first-order valence-corrected chi connectivity index (χ1v) is 8.10. The van der Waals surface area contributed by atoms with Crippen molar-refractivity contribution in [2.24, 2.45) is 0 Å². The van der Waals surface area contributed by atoms with E-state index in [0.717, 1.165) is 11.3 Å². The number of benzene rings is 1. The molecule has 1 heterocycles. The number of nitrogens with zero attached hydrogens (tertiary/aromatic N) is 2. The second kappa shape index (κ2) is 9.17. The van der Waals surface area contributed by atoms with E-state index in [2.05, 4.69) is 29.1 Å². The summed E-state index contributed by atoms with van der Waals surface area (Å²) >= 11 is 0. The van der Waals surface area contributed by atoms with E-state index in [4.69, 9.17) is 9.47 Å². The third-order valence-electron chi connectivity index (χ3n) is 3.43. The summed E-state index contributed by atoms with van der Waals surface area (Å²) in [6.45, 7) is 8.01. The lowest BCUT2D eigenvalue weighted by Crippen LogP contribution is -2.15. The van der Waals surface area contributed by atoms with Gasteiger partial charge in [0.15, 0.2) is 0 Å². The van der Waals surface area contributed by atoms with Crippen LogP contribution in [0.1, 0.15) is 31.0 Å². The third-order valence-corrected chi connectivity index (χ3v) is 3.43. The summed E-state index contributed by atoms with van der Waals surface area (Å²) in [5.41, 5.74) is 1.91. The van der Waals surface area contributed by atoms with E-state index in [0.29, 0.717) is 44.0 Å². The molecule has 0 unspecified atom stereocenters. The predicted molar refractivity (Wildman–Crippen MR) is 92.1 cm³/mol. The minimum atomic E-state index is -0.302. The van der Waals surface area contributed by atoms with Crippen molar-refractivity contribution in [1.82, 2.24) is 9.97 Å². The Balaban J connectivity index is 1.62. The summed E-state index contributed by atoms with van der Waals surface area (Å²) in [5.74, 6) is 1.23. The van der Waals surface area contributed by atoms with Crippen LogP contribution in [-0.2, 0) is 4.74 Å². The van der Waals surface area contributed by atoms with Gasteiger partial charge in [-0.2, -0.15) is 0 Å². The molecule has 0 radical (unpaired) electrons. The molecule has 130 valence electrons. The molecule has 2 rings (SSSR count). The molecule has 0 saturated heterocycles. The maximum Gasteiger partial charge on any atom is 0.222 e. The second-order valence-corrected chi connectivity index (χ2v) is 5.76. The molecular formula is C18H24FN3O2. The fourth-order valence-electron chi connectivity index (χ4n) is 2.06. The number of aromatic nitrogens is 2. The van der Waals surface area contributed by atoms with Gasteiger partial charge in [-0.25, -0.2) is 14.4 Å². The van der Waals surface area contributed by atoms with E-state index in [1.165, 1.54) is 12.1 Å². The molecule has 0 amide bonds. The molecule has 0 aliphatic carbocycles. The molecule has 0 saturated carbocycles. The van der Waals surface area contributed by atoms with Gasteiger partial charge in [0.25, 0.3) is 0 Å². The zero-order valence-electron chi connectivity index (χ0n) is 14.4. The molecule has 0 spiro atoms. The van der Waals surface area contributed by atoms with Gasteiger partial charge >= 0.3 is 0 Å². The molecule has 6 heteroatoms. The largest absolute Gasteiger partial charge is 0.491 e. The zero-order valence-corrected chi connectivity index (χ0v) is 14.4. The first kappa shape index (κ1) is 18.1. The van der Waals surface area contributed by atoms with Crippen molar-refractivity contribution < 1.29 is 13.9 Å². The van der Waals surface area contributed by atoms with Crippen LogP contribution in [0.3, 0.4) is 0 Å². The Morgan fingerprint density at radius 2 is 2.00 bits per heavy atom.